The molecule has 0 saturated carbocycles. The number of hydrogen-bond acceptors (Lipinski definition) is 4. The summed E-state index contributed by atoms with van der Waals surface area (Å²) < 4.78 is 4.58. The monoisotopic (exact) mass is 267 g/mol. The van der Waals surface area contributed by atoms with Crippen molar-refractivity contribution >= 4 is 17.7 Å². The second-order valence-corrected chi connectivity index (χ2v) is 5.25. The lowest BCUT2D eigenvalue weighted by Crippen LogP contribution is -2.31. The topological polar surface area (TPSA) is 52.3 Å². The van der Waals surface area contributed by atoms with Crippen LogP contribution >= 0.6 is 11.8 Å². The number of methoxy groups -OCH3 is 1. The molecule has 0 aliphatic rings. The standard InChI is InChI=1S/C14H21NO2S/c1-3-11-4-6-12(7-5-11)10-18-9-8-13(15)14(16)17-2/h4-7,13H,3,8-10,15H2,1-2H3. The summed E-state index contributed by atoms with van der Waals surface area (Å²) >= 11 is 1.79. The predicted octanol–water partition coefficient (Wildman–Crippen LogP) is 2.37. The highest BCUT2D eigenvalue weighted by atomic mass is 32.2. The first-order chi connectivity index (χ1) is 8.67. The fourth-order valence-corrected chi connectivity index (χ4v) is 2.53. The summed E-state index contributed by atoms with van der Waals surface area (Å²) in [5, 5.41) is 0. The molecule has 0 fully saturated rings. The lowest BCUT2D eigenvalue weighted by Gasteiger charge is -2.08. The Morgan fingerprint density at radius 3 is 2.50 bits per heavy atom. The minimum absolute atomic E-state index is 0.331. The average Bonchev–Trinajstić information content (AvgIpc) is 2.43. The SMILES string of the molecule is CCc1ccc(CSCCC(N)C(=O)OC)cc1. The zero-order valence-electron chi connectivity index (χ0n) is 11.0. The van der Waals surface area contributed by atoms with Crippen molar-refractivity contribution in [3.63, 3.8) is 0 Å². The van der Waals surface area contributed by atoms with Gasteiger partial charge in [0.1, 0.15) is 6.04 Å². The Morgan fingerprint density at radius 2 is 1.94 bits per heavy atom. The van der Waals surface area contributed by atoms with Gasteiger partial charge in [-0.2, -0.15) is 11.8 Å². The molecule has 0 radical (unpaired) electrons. The quantitative estimate of drug-likeness (QED) is 0.609. The lowest BCUT2D eigenvalue weighted by atomic mass is 10.1. The Bertz CT molecular complexity index is 365. The zero-order chi connectivity index (χ0) is 13.4. The smallest absolute Gasteiger partial charge is 0.322 e. The molecule has 0 heterocycles. The Morgan fingerprint density at radius 1 is 1.33 bits per heavy atom. The van der Waals surface area contributed by atoms with Crippen LogP contribution in [0.2, 0.25) is 0 Å². The Kier molecular flexibility index (Phi) is 6.83. The number of aryl methyl sites for hydroxylation is 1. The van der Waals surface area contributed by atoms with Gasteiger partial charge in [0.15, 0.2) is 0 Å². The average molecular weight is 267 g/mol. The van der Waals surface area contributed by atoms with Gasteiger partial charge in [0.05, 0.1) is 7.11 Å². The van der Waals surface area contributed by atoms with Crippen LogP contribution in [-0.2, 0) is 21.7 Å². The fraction of sp³-hybridized carbons (Fsp3) is 0.500. The van der Waals surface area contributed by atoms with Crippen molar-refractivity contribution in [1.29, 1.82) is 0 Å². The predicted molar refractivity (Wildman–Crippen MR) is 76.6 cm³/mol. The lowest BCUT2D eigenvalue weighted by molar-refractivity contribution is -0.142. The first-order valence-corrected chi connectivity index (χ1v) is 7.31. The van der Waals surface area contributed by atoms with Gasteiger partial charge in [-0.25, -0.2) is 0 Å². The van der Waals surface area contributed by atoms with Crippen molar-refractivity contribution in [2.45, 2.75) is 31.6 Å². The van der Waals surface area contributed by atoms with E-state index in [4.69, 9.17) is 5.73 Å². The Hall–Kier alpha value is -1.00. The van der Waals surface area contributed by atoms with Crippen LogP contribution in [0.1, 0.15) is 24.5 Å². The first-order valence-electron chi connectivity index (χ1n) is 6.16. The summed E-state index contributed by atoms with van der Waals surface area (Å²) in [4.78, 5) is 11.1. The van der Waals surface area contributed by atoms with E-state index in [-0.39, 0.29) is 5.97 Å². The van der Waals surface area contributed by atoms with Gasteiger partial charge in [0, 0.05) is 5.75 Å². The molecular weight excluding hydrogens is 246 g/mol. The highest BCUT2D eigenvalue weighted by Gasteiger charge is 2.12. The largest absolute Gasteiger partial charge is 0.468 e. The van der Waals surface area contributed by atoms with Crippen LogP contribution in [0, 0.1) is 0 Å². The molecule has 3 nitrogen and oxygen atoms in total. The van der Waals surface area contributed by atoms with Crippen LogP contribution < -0.4 is 5.73 Å². The number of rotatable bonds is 7. The third-order valence-corrected chi connectivity index (χ3v) is 3.84. The van der Waals surface area contributed by atoms with Gasteiger partial charge in [0.25, 0.3) is 0 Å². The van der Waals surface area contributed by atoms with Crippen molar-refractivity contribution < 1.29 is 9.53 Å². The van der Waals surface area contributed by atoms with E-state index in [1.807, 2.05) is 0 Å². The number of hydrogen-bond donors (Lipinski definition) is 1. The van der Waals surface area contributed by atoms with E-state index in [0.717, 1.165) is 17.9 Å². The molecule has 1 rings (SSSR count). The van der Waals surface area contributed by atoms with Crippen molar-refractivity contribution in [1.82, 2.24) is 0 Å². The van der Waals surface area contributed by atoms with E-state index >= 15 is 0 Å². The van der Waals surface area contributed by atoms with Gasteiger partial charge in [-0.05, 0) is 29.7 Å². The van der Waals surface area contributed by atoms with Gasteiger partial charge in [-0.15, -0.1) is 0 Å². The van der Waals surface area contributed by atoms with E-state index in [0.29, 0.717) is 6.42 Å². The molecule has 2 N–H and O–H groups in total. The maximum atomic E-state index is 11.1. The number of carbonyl (C=O) groups excluding carboxylic acids is 1. The second-order valence-electron chi connectivity index (χ2n) is 4.14. The summed E-state index contributed by atoms with van der Waals surface area (Å²) in [5.74, 6) is 1.49. The maximum Gasteiger partial charge on any atom is 0.322 e. The van der Waals surface area contributed by atoms with Gasteiger partial charge < -0.3 is 10.5 Å². The van der Waals surface area contributed by atoms with Crippen LogP contribution in [-0.4, -0.2) is 24.9 Å². The van der Waals surface area contributed by atoms with Crippen molar-refractivity contribution in [3.05, 3.63) is 35.4 Å². The molecule has 0 amide bonds. The third kappa shape index (κ3) is 5.10. The molecular formula is C14H21NO2S. The molecule has 4 heteroatoms. The maximum absolute atomic E-state index is 11.1. The van der Waals surface area contributed by atoms with E-state index in [1.165, 1.54) is 18.2 Å². The van der Waals surface area contributed by atoms with Gasteiger partial charge >= 0.3 is 5.97 Å². The number of benzene rings is 1. The van der Waals surface area contributed by atoms with E-state index in [9.17, 15) is 4.79 Å². The molecule has 0 spiro atoms. The third-order valence-electron chi connectivity index (χ3n) is 2.78. The zero-order valence-corrected chi connectivity index (χ0v) is 11.8. The van der Waals surface area contributed by atoms with Crippen LogP contribution in [0.3, 0.4) is 0 Å². The van der Waals surface area contributed by atoms with Crippen LogP contribution in [0.25, 0.3) is 0 Å². The van der Waals surface area contributed by atoms with Crippen LogP contribution in [0.15, 0.2) is 24.3 Å². The second kappa shape index (κ2) is 8.16. The molecule has 100 valence electrons. The van der Waals surface area contributed by atoms with Crippen LogP contribution in [0.4, 0.5) is 0 Å². The van der Waals surface area contributed by atoms with Gasteiger partial charge in [-0.1, -0.05) is 31.2 Å². The van der Waals surface area contributed by atoms with Gasteiger partial charge in [-0.3, -0.25) is 4.79 Å². The minimum Gasteiger partial charge on any atom is -0.468 e. The normalized spacial score (nSPS) is 12.2. The van der Waals surface area contributed by atoms with Crippen LogP contribution in [0.5, 0.6) is 0 Å². The summed E-state index contributed by atoms with van der Waals surface area (Å²) in [6.07, 6.45) is 1.73. The molecule has 1 unspecified atom stereocenters. The van der Waals surface area contributed by atoms with E-state index in [2.05, 4.69) is 35.9 Å². The van der Waals surface area contributed by atoms with E-state index in [1.54, 1.807) is 11.8 Å². The summed E-state index contributed by atoms with van der Waals surface area (Å²) in [7, 11) is 1.37. The molecule has 0 aliphatic carbocycles. The molecule has 18 heavy (non-hydrogen) atoms. The number of nitrogens with two attached hydrogens (primary N) is 1. The van der Waals surface area contributed by atoms with E-state index < -0.39 is 6.04 Å². The molecule has 0 aliphatic heterocycles. The Balaban J connectivity index is 2.23. The highest BCUT2D eigenvalue weighted by Crippen LogP contribution is 2.14. The fourth-order valence-electron chi connectivity index (χ4n) is 1.54. The molecule has 0 saturated heterocycles. The number of esters is 1. The summed E-state index contributed by atoms with van der Waals surface area (Å²) in [6, 6.07) is 8.15. The summed E-state index contributed by atoms with van der Waals surface area (Å²) in [5.41, 5.74) is 8.32. The first kappa shape index (κ1) is 15.1. The molecule has 0 bridgehead atoms. The number of thioether (sulfide) groups is 1. The van der Waals surface area contributed by atoms with Crippen molar-refractivity contribution in [3.8, 4) is 0 Å². The number of ether oxygens (including phenoxy) is 1. The van der Waals surface area contributed by atoms with Crippen molar-refractivity contribution in [2.75, 3.05) is 12.9 Å². The number of carbonyl (C=O) groups is 1. The molecule has 1 aromatic rings. The Labute approximate surface area is 113 Å². The summed E-state index contributed by atoms with van der Waals surface area (Å²) in [6.45, 7) is 2.15. The van der Waals surface area contributed by atoms with Gasteiger partial charge in [0.2, 0.25) is 0 Å². The minimum atomic E-state index is -0.495. The molecule has 0 aromatic heterocycles. The molecule has 1 atom stereocenters. The van der Waals surface area contributed by atoms with Crippen molar-refractivity contribution in [2.24, 2.45) is 5.73 Å². The highest BCUT2D eigenvalue weighted by molar-refractivity contribution is 7.98. The molecule has 1 aromatic carbocycles.